The molecule has 0 radical (unpaired) electrons. The molecule has 27 heavy (non-hydrogen) atoms. The van der Waals surface area contributed by atoms with Gasteiger partial charge in [0, 0.05) is 11.3 Å². The molecule has 1 aliphatic rings. The molecule has 4 rings (SSSR count). The van der Waals surface area contributed by atoms with E-state index in [0.29, 0.717) is 11.4 Å². The van der Waals surface area contributed by atoms with Gasteiger partial charge in [0.1, 0.15) is 5.82 Å². The maximum atomic E-state index is 13.4. The lowest BCUT2D eigenvalue weighted by Gasteiger charge is -2.30. The smallest absolute Gasteiger partial charge is 0.339 e. The summed E-state index contributed by atoms with van der Waals surface area (Å²) >= 11 is 0. The van der Waals surface area contributed by atoms with Gasteiger partial charge in [-0.15, -0.1) is 0 Å². The zero-order valence-electron chi connectivity index (χ0n) is 14.1. The first-order valence-corrected chi connectivity index (χ1v) is 8.31. The van der Waals surface area contributed by atoms with Crippen LogP contribution in [0, 0.1) is 5.82 Å². The SMILES string of the molecule is O=C1N(c2ccccc2)C(=O)C(O)(c2ccc(F)cc2)N1c1ccccc1. The Kier molecular flexibility index (Phi) is 3.97. The first-order valence-electron chi connectivity index (χ1n) is 8.31. The minimum atomic E-state index is -2.29. The Morgan fingerprint density at radius 3 is 1.81 bits per heavy atom. The number of imide groups is 1. The highest BCUT2D eigenvalue weighted by atomic mass is 19.1. The molecule has 6 heteroatoms. The molecule has 3 aromatic rings. The molecule has 1 saturated heterocycles. The summed E-state index contributed by atoms with van der Waals surface area (Å²) < 4.78 is 13.4. The van der Waals surface area contributed by atoms with Gasteiger partial charge < -0.3 is 5.11 Å². The van der Waals surface area contributed by atoms with Gasteiger partial charge in [-0.1, -0.05) is 48.5 Å². The van der Waals surface area contributed by atoms with Gasteiger partial charge >= 0.3 is 6.03 Å². The molecule has 0 spiro atoms. The van der Waals surface area contributed by atoms with Crippen LogP contribution in [0.15, 0.2) is 84.9 Å². The van der Waals surface area contributed by atoms with Crippen LogP contribution >= 0.6 is 0 Å². The van der Waals surface area contributed by atoms with E-state index in [1.807, 2.05) is 0 Å². The summed E-state index contributed by atoms with van der Waals surface area (Å²) in [7, 11) is 0. The van der Waals surface area contributed by atoms with Gasteiger partial charge in [-0.05, 0) is 36.4 Å². The minimum absolute atomic E-state index is 0.101. The highest BCUT2D eigenvalue weighted by Gasteiger charge is 2.59. The Morgan fingerprint density at radius 1 is 0.741 bits per heavy atom. The van der Waals surface area contributed by atoms with E-state index in [-0.39, 0.29) is 5.56 Å². The normalized spacial score (nSPS) is 19.6. The van der Waals surface area contributed by atoms with E-state index in [2.05, 4.69) is 0 Å². The molecule has 0 aliphatic carbocycles. The zero-order chi connectivity index (χ0) is 19.0. The second-order valence-electron chi connectivity index (χ2n) is 6.11. The third kappa shape index (κ3) is 2.58. The van der Waals surface area contributed by atoms with E-state index in [1.54, 1.807) is 60.7 Å². The minimum Gasteiger partial charge on any atom is -0.359 e. The number of para-hydroxylation sites is 2. The van der Waals surface area contributed by atoms with Gasteiger partial charge in [0.2, 0.25) is 0 Å². The van der Waals surface area contributed by atoms with E-state index in [0.717, 1.165) is 21.9 Å². The van der Waals surface area contributed by atoms with Crippen molar-refractivity contribution >= 4 is 23.3 Å². The molecule has 0 aromatic heterocycles. The fraction of sp³-hybridized carbons (Fsp3) is 0.0476. The predicted octanol–water partition coefficient (Wildman–Crippen LogP) is 3.64. The van der Waals surface area contributed by atoms with E-state index in [4.69, 9.17) is 0 Å². The number of hydrogen-bond acceptors (Lipinski definition) is 3. The Morgan fingerprint density at radius 2 is 1.26 bits per heavy atom. The van der Waals surface area contributed by atoms with E-state index >= 15 is 0 Å². The lowest BCUT2D eigenvalue weighted by molar-refractivity contribution is -0.133. The number of benzene rings is 3. The number of carbonyl (C=O) groups is 2. The molecule has 1 fully saturated rings. The molecule has 3 amide bonds. The number of urea groups is 1. The first-order chi connectivity index (χ1) is 13.0. The van der Waals surface area contributed by atoms with Crippen LogP contribution < -0.4 is 9.80 Å². The number of nitrogens with zero attached hydrogens (tertiary/aromatic N) is 2. The van der Waals surface area contributed by atoms with Gasteiger partial charge in [0.15, 0.2) is 0 Å². The topological polar surface area (TPSA) is 60.9 Å². The summed E-state index contributed by atoms with van der Waals surface area (Å²) in [6.07, 6.45) is 0. The molecule has 1 atom stereocenters. The van der Waals surface area contributed by atoms with Crippen molar-refractivity contribution in [2.75, 3.05) is 9.80 Å². The fourth-order valence-electron chi connectivity index (χ4n) is 3.19. The van der Waals surface area contributed by atoms with Crippen molar-refractivity contribution in [3.05, 3.63) is 96.3 Å². The standard InChI is InChI=1S/C21H15FN2O3/c22-16-13-11-15(12-14-16)21(27)19(25)23(17-7-3-1-4-8-17)20(26)24(21)18-9-5-2-6-10-18/h1-14,27H. The maximum absolute atomic E-state index is 13.4. The van der Waals surface area contributed by atoms with E-state index in [9.17, 15) is 19.1 Å². The average molecular weight is 362 g/mol. The van der Waals surface area contributed by atoms with Crippen molar-refractivity contribution < 1.29 is 19.1 Å². The molecular formula is C21H15FN2O3. The average Bonchev–Trinajstić information content (AvgIpc) is 2.90. The molecule has 0 saturated carbocycles. The summed E-state index contributed by atoms with van der Waals surface area (Å²) in [6.45, 7) is 0. The molecule has 1 aliphatic heterocycles. The van der Waals surface area contributed by atoms with Crippen molar-refractivity contribution in [1.82, 2.24) is 0 Å². The van der Waals surface area contributed by atoms with Gasteiger partial charge in [-0.25, -0.2) is 14.1 Å². The van der Waals surface area contributed by atoms with Crippen LogP contribution in [-0.4, -0.2) is 17.0 Å². The van der Waals surface area contributed by atoms with Crippen molar-refractivity contribution in [2.24, 2.45) is 0 Å². The lowest BCUT2D eigenvalue weighted by atomic mass is 10.0. The molecule has 1 heterocycles. The van der Waals surface area contributed by atoms with Crippen LogP contribution in [0.25, 0.3) is 0 Å². The Hall–Kier alpha value is -3.51. The number of aliphatic hydroxyl groups is 1. The molecule has 5 nitrogen and oxygen atoms in total. The third-order valence-corrected chi connectivity index (χ3v) is 4.48. The largest absolute Gasteiger partial charge is 0.359 e. The van der Waals surface area contributed by atoms with E-state index < -0.39 is 23.5 Å². The summed E-state index contributed by atoms with van der Waals surface area (Å²) in [5, 5.41) is 11.4. The quantitative estimate of drug-likeness (QED) is 0.724. The monoisotopic (exact) mass is 362 g/mol. The van der Waals surface area contributed by atoms with E-state index in [1.165, 1.54) is 12.1 Å². The second kappa shape index (κ2) is 6.34. The second-order valence-corrected chi connectivity index (χ2v) is 6.11. The number of amides is 3. The molecule has 1 unspecified atom stereocenters. The highest BCUT2D eigenvalue weighted by Crippen LogP contribution is 2.40. The number of halogens is 1. The van der Waals surface area contributed by atoms with Crippen LogP contribution in [-0.2, 0) is 10.5 Å². The number of carbonyl (C=O) groups excluding carboxylic acids is 2. The van der Waals surface area contributed by atoms with Gasteiger partial charge in [-0.3, -0.25) is 9.69 Å². The van der Waals surface area contributed by atoms with Crippen LogP contribution in [0.4, 0.5) is 20.6 Å². The van der Waals surface area contributed by atoms with Crippen LogP contribution in [0.1, 0.15) is 5.56 Å². The molecule has 3 aromatic carbocycles. The first kappa shape index (κ1) is 16.9. The molecule has 0 bridgehead atoms. The van der Waals surface area contributed by atoms with Crippen LogP contribution in [0.2, 0.25) is 0 Å². The predicted molar refractivity (Wildman–Crippen MR) is 98.5 cm³/mol. The van der Waals surface area contributed by atoms with Crippen LogP contribution in [0.5, 0.6) is 0 Å². The number of hydrogen-bond donors (Lipinski definition) is 1. The lowest BCUT2D eigenvalue weighted by Crippen LogP contribution is -2.47. The molecular weight excluding hydrogens is 347 g/mol. The summed E-state index contributed by atoms with van der Waals surface area (Å²) in [6, 6.07) is 20.9. The molecule has 1 N–H and O–H groups in total. The van der Waals surface area contributed by atoms with Gasteiger partial charge in [0.25, 0.3) is 11.6 Å². The van der Waals surface area contributed by atoms with Crippen molar-refractivity contribution in [1.29, 1.82) is 0 Å². The third-order valence-electron chi connectivity index (χ3n) is 4.48. The highest BCUT2D eigenvalue weighted by molar-refractivity contribution is 6.29. The summed E-state index contributed by atoms with van der Waals surface area (Å²) in [4.78, 5) is 28.3. The van der Waals surface area contributed by atoms with Crippen molar-refractivity contribution in [3.63, 3.8) is 0 Å². The zero-order valence-corrected chi connectivity index (χ0v) is 14.1. The Bertz CT molecular complexity index is 993. The number of anilines is 2. The van der Waals surface area contributed by atoms with Crippen LogP contribution in [0.3, 0.4) is 0 Å². The number of rotatable bonds is 3. The van der Waals surface area contributed by atoms with Crippen molar-refractivity contribution in [3.8, 4) is 0 Å². The summed E-state index contributed by atoms with van der Waals surface area (Å²) in [5.41, 5.74) is -1.50. The van der Waals surface area contributed by atoms with Gasteiger partial charge in [-0.2, -0.15) is 0 Å². The summed E-state index contributed by atoms with van der Waals surface area (Å²) in [5.74, 6) is -1.33. The Labute approximate surface area is 154 Å². The maximum Gasteiger partial charge on any atom is 0.339 e. The van der Waals surface area contributed by atoms with Gasteiger partial charge in [0.05, 0.1) is 5.69 Å². The fourth-order valence-corrected chi connectivity index (χ4v) is 3.19. The van der Waals surface area contributed by atoms with Crippen molar-refractivity contribution in [2.45, 2.75) is 5.72 Å². The Balaban J connectivity index is 1.92. The molecule has 134 valence electrons.